The van der Waals surface area contributed by atoms with E-state index < -0.39 is 141 Å². The standard InChI is InChI=1S/C61H110N14O29/c1-5-47(82)68-7-6-48(83)72-61(35-96-32-41(73-62)26-65-8-11-90-14-17-93-20-23-99-58-49(69-38(2)79)55(87)52(84)44(29-76)102-58,36-97-33-42(74-63)27-66-9-12-91-15-18-94-21-24-100-59-50(70-39(3)80)56(88)53(85)45(30-77)103-59)37-98-34-43(75-64)28-67-10-13-92-16-19-95-22-25-101-60-51(71-40(4)81)57(89)54(86)46(31-78)104-60/h26-28,44-46,49-60,62-67,76-78,84-89H,5-25,29-37H2,1-4H3,(H,68,82)(H,69,79)(H,70,80)(H,71,81)(H,72,83)/b41-26-,42-27-,43-28-,73-62?,74-63?,75-64?/t44?,45?,46?,49?,50?,51?,52-,53-,54-,55?,56?,57?,58+,59+,60+,61?/m1/s1. The maximum Gasteiger partial charge on any atom is 0.222 e. The van der Waals surface area contributed by atoms with Gasteiger partial charge in [0.1, 0.15) is 95.7 Å². The molecular weight excluding hydrogens is 1390 g/mol. The smallest absolute Gasteiger partial charge is 0.222 e. The molecule has 104 heavy (non-hydrogen) atoms. The van der Waals surface area contributed by atoms with Crippen LogP contribution in [0.15, 0.2) is 51.0 Å². The Labute approximate surface area is 601 Å². The lowest BCUT2D eigenvalue weighted by molar-refractivity contribution is -0.272. The lowest BCUT2D eigenvalue weighted by Crippen LogP contribution is -2.64. The first-order chi connectivity index (χ1) is 50.1. The Kier molecular flexibility index (Phi) is 48.1. The van der Waals surface area contributed by atoms with Crippen LogP contribution in [0.4, 0.5) is 0 Å². The fourth-order valence-electron chi connectivity index (χ4n) is 9.84. The van der Waals surface area contributed by atoms with Crippen molar-refractivity contribution in [3.8, 4) is 0 Å². The van der Waals surface area contributed by atoms with Gasteiger partial charge in [0.2, 0.25) is 29.5 Å². The number of aliphatic hydroxyl groups is 9. The molecule has 43 heteroatoms. The van der Waals surface area contributed by atoms with E-state index in [4.69, 9.17) is 87.6 Å². The molecule has 598 valence electrons. The number of carbonyl (C=O) groups excluding carboxylic acids is 5. The van der Waals surface area contributed by atoms with Crippen LogP contribution in [-0.2, 0) is 95.0 Å². The Hall–Kier alpha value is -6.19. The Morgan fingerprint density at radius 2 is 0.702 bits per heavy atom. The molecule has 0 bridgehead atoms. The number of hydrogen-bond acceptors (Lipinski definition) is 38. The number of rotatable bonds is 59. The SMILES string of the molecule is CCC(=O)NCCC(=O)NC(COC/C(=C/NCCOCCOCCO[C@H]1OC(CO)[C@@H](O)C(O)C1NC(C)=O)N=N)(COC/C(=C/NCCOCCOCCO[C@H]1OC(CO)[C@@H](O)C(O)C1NC(C)=O)N=N)COC/C(=C/NCCOCCOCCO[C@H]1OC(CO)[C@@H](O)C(O)C1NC(C)=O)N=N. The minimum atomic E-state index is -1.55. The number of amides is 5. The average Bonchev–Trinajstić information content (AvgIpc) is 0.817. The second kappa shape index (κ2) is 54.4. The maximum atomic E-state index is 13.7. The van der Waals surface area contributed by atoms with E-state index in [0.29, 0.717) is 0 Å². The molecule has 3 fully saturated rings. The molecule has 9 unspecified atom stereocenters. The minimum Gasteiger partial charge on any atom is -0.394 e. The van der Waals surface area contributed by atoms with E-state index in [1.165, 1.54) is 39.4 Å². The van der Waals surface area contributed by atoms with Gasteiger partial charge in [0.05, 0.1) is 159 Å². The number of aliphatic hydroxyl groups excluding tert-OH is 9. The number of hydrogen-bond donors (Lipinski definition) is 20. The molecule has 3 saturated heterocycles. The molecular formula is C61H110N14O29. The van der Waals surface area contributed by atoms with Gasteiger partial charge in [-0.3, -0.25) is 24.0 Å². The molecule has 15 atom stereocenters. The summed E-state index contributed by atoms with van der Waals surface area (Å²) in [7, 11) is 0. The molecule has 20 N–H and O–H groups in total. The number of ether oxygens (including phenoxy) is 15. The van der Waals surface area contributed by atoms with E-state index in [1.807, 2.05) is 0 Å². The van der Waals surface area contributed by atoms with E-state index in [-0.39, 0.29) is 201 Å². The van der Waals surface area contributed by atoms with E-state index in [1.54, 1.807) is 6.92 Å². The van der Waals surface area contributed by atoms with Crippen molar-refractivity contribution in [2.45, 2.75) is 138 Å². The summed E-state index contributed by atoms with van der Waals surface area (Å²) in [5.41, 5.74) is 22.4. The second-order valence-electron chi connectivity index (χ2n) is 23.5. The van der Waals surface area contributed by atoms with E-state index in [0.717, 1.165) is 0 Å². The van der Waals surface area contributed by atoms with Gasteiger partial charge in [0.25, 0.3) is 0 Å². The molecule has 0 saturated carbocycles. The van der Waals surface area contributed by atoms with E-state index >= 15 is 0 Å². The van der Waals surface area contributed by atoms with Gasteiger partial charge >= 0.3 is 0 Å². The van der Waals surface area contributed by atoms with Crippen LogP contribution in [-0.4, -0.2) is 358 Å². The van der Waals surface area contributed by atoms with Gasteiger partial charge in [-0.2, -0.15) is 15.3 Å². The summed E-state index contributed by atoms with van der Waals surface area (Å²) in [6.45, 7) is 4.13. The van der Waals surface area contributed by atoms with Gasteiger partial charge in [-0.25, -0.2) is 16.6 Å². The molecule has 0 aliphatic carbocycles. The Morgan fingerprint density at radius 1 is 0.413 bits per heavy atom. The molecule has 0 aromatic heterocycles. The fourth-order valence-corrected chi connectivity index (χ4v) is 9.84. The van der Waals surface area contributed by atoms with Crippen molar-refractivity contribution < 1.29 is 141 Å². The zero-order chi connectivity index (χ0) is 76.5. The van der Waals surface area contributed by atoms with E-state index in [2.05, 4.69) is 57.9 Å². The molecule has 5 amide bonds. The first-order valence-electron chi connectivity index (χ1n) is 33.8. The highest BCUT2D eigenvalue weighted by atomic mass is 16.7. The lowest BCUT2D eigenvalue weighted by atomic mass is 9.97. The Balaban J connectivity index is 1.59. The van der Waals surface area contributed by atoms with Gasteiger partial charge in [-0.05, 0) is 0 Å². The molecule has 3 aliphatic heterocycles. The van der Waals surface area contributed by atoms with Gasteiger partial charge in [-0.1, -0.05) is 6.92 Å². The summed E-state index contributed by atoms with van der Waals surface area (Å²) in [4.78, 5) is 60.9. The van der Waals surface area contributed by atoms with Crippen LogP contribution in [0.1, 0.15) is 40.5 Å². The van der Waals surface area contributed by atoms with Gasteiger partial charge in [0.15, 0.2) is 18.9 Å². The largest absolute Gasteiger partial charge is 0.394 e. The summed E-state index contributed by atoms with van der Waals surface area (Å²) >= 11 is 0. The summed E-state index contributed by atoms with van der Waals surface area (Å²) in [6, 6.07) is -3.30. The van der Waals surface area contributed by atoms with Crippen LogP contribution in [0.3, 0.4) is 0 Å². The molecule has 3 heterocycles. The van der Waals surface area contributed by atoms with Crippen molar-refractivity contribution in [3.05, 3.63) is 35.7 Å². The Bertz CT molecular complexity index is 2330. The summed E-state index contributed by atoms with van der Waals surface area (Å²) in [6.07, 6.45) is -11.4. The fraction of sp³-hybridized carbons (Fsp3) is 0.820. The molecule has 43 nitrogen and oxygen atoms in total. The quantitative estimate of drug-likeness (QED) is 0.0199. The van der Waals surface area contributed by atoms with Crippen molar-refractivity contribution in [1.82, 2.24) is 42.5 Å². The highest BCUT2D eigenvalue weighted by Crippen LogP contribution is 2.25. The number of nitrogens with one attached hydrogen (secondary N) is 11. The van der Waals surface area contributed by atoms with Gasteiger partial charge < -0.3 is 160 Å². The normalized spacial score (nSPS) is 25.8. The highest BCUT2D eigenvalue weighted by molar-refractivity contribution is 5.79. The predicted octanol–water partition coefficient (Wildman–Crippen LogP) is -6.83. The molecule has 0 aromatic carbocycles. The third kappa shape index (κ3) is 36.4. The van der Waals surface area contributed by atoms with Crippen molar-refractivity contribution in [2.24, 2.45) is 15.3 Å². The molecule has 0 spiro atoms. The van der Waals surface area contributed by atoms with Crippen LogP contribution in [0.2, 0.25) is 0 Å². The van der Waals surface area contributed by atoms with Gasteiger partial charge in [0, 0.05) is 78.4 Å². The number of nitrogens with zero attached hydrogens (tertiary/aromatic N) is 3. The third-order valence-corrected chi connectivity index (χ3v) is 15.1. The van der Waals surface area contributed by atoms with Crippen molar-refractivity contribution in [2.75, 3.05) is 185 Å². The predicted molar refractivity (Wildman–Crippen MR) is 354 cm³/mol. The topological polar surface area (TPSA) is 611 Å². The van der Waals surface area contributed by atoms with Crippen molar-refractivity contribution in [3.63, 3.8) is 0 Å². The first kappa shape index (κ1) is 92.0. The zero-order valence-electron chi connectivity index (χ0n) is 59.1. The second-order valence-corrected chi connectivity index (χ2v) is 23.5. The first-order valence-corrected chi connectivity index (χ1v) is 33.8. The van der Waals surface area contributed by atoms with Gasteiger partial charge in [-0.15, -0.1) is 0 Å². The summed E-state index contributed by atoms with van der Waals surface area (Å²) in [5, 5.41) is 123. The minimum absolute atomic E-state index is 0.0231. The number of carbonyl (C=O) groups is 5. The molecule has 0 radical (unpaired) electrons. The monoisotopic (exact) mass is 1500 g/mol. The molecule has 0 aromatic rings. The zero-order valence-corrected chi connectivity index (χ0v) is 59.1. The summed E-state index contributed by atoms with van der Waals surface area (Å²) in [5.74, 6) is -2.32. The lowest BCUT2D eigenvalue weighted by Gasteiger charge is -2.42. The summed E-state index contributed by atoms with van der Waals surface area (Å²) < 4.78 is 85.3. The van der Waals surface area contributed by atoms with E-state index in [9.17, 15) is 69.9 Å². The van der Waals surface area contributed by atoms with Crippen LogP contribution in [0.25, 0.3) is 0 Å². The highest BCUT2D eigenvalue weighted by Gasteiger charge is 2.48. The maximum absolute atomic E-state index is 13.7. The van der Waals surface area contributed by atoms with Crippen LogP contribution < -0.4 is 42.5 Å². The Morgan fingerprint density at radius 3 is 0.971 bits per heavy atom. The molecule has 3 aliphatic rings. The van der Waals surface area contributed by atoms with Crippen LogP contribution in [0, 0.1) is 16.6 Å². The van der Waals surface area contributed by atoms with Crippen molar-refractivity contribution in [1.29, 1.82) is 16.6 Å². The molecule has 3 rings (SSSR count). The van der Waals surface area contributed by atoms with Crippen molar-refractivity contribution >= 4 is 29.5 Å². The van der Waals surface area contributed by atoms with Crippen LogP contribution in [0.5, 0.6) is 0 Å². The van der Waals surface area contributed by atoms with Crippen LogP contribution >= 0.6 is 0 Å². The average molecular weight is 1500 g/mol. The third-order valence-electron chi connectivity index (χ3n) is 15.1.